The van der Waals surface area contributed by atoms with Crippen molar-refractivity contribution in [3.8, 4) is 0 Å². The predicted molar refractivity (Wildman–Crippen MR) is 56.4 cm³/mol. The summed E-state index contributed by atoms with van der Waals surface area (Å²) in [5, 5.41) is 7.61. The highest BCUT2D eigenvalue weighted by molar-refractivity contribution is 9.10. The van der Waals surface area contributed by atoms with Gasteiger partial charge in [-0.2, -0.15) is 5.11 Å². The van der Waals surface area contributed by atoms with Gasteiger partial charge in [0.2, 0.25) is 0 Å². The summed E-state index contributed by atoms with van der Waals surface area (Å²) < 4.78 is 0.939. The Morgan fingerprint density at radius 2 is 2.29 bits per heavy atom. The van der Waals surface area contributed by atoms with Crippen LogP contribution in [0.3, 0.4) is 0 Å². The van der Waals surface area contributed by atoms with Crippen LogP contribution in [0.2, 0.25) is 0 Å². The fourth-order valence-corrected chi connectivity index (χ4v) is 2.21. The summed E-state index contributed by atoms with van der Waals surface area (Å²) >= 11 is 3.44. The minimum absolute atomic E-state index is 0.0123. The minimum Gasteiger partial charge on any atom is -0.265 e. The summed E-state index contributed by atoms with van der Waals surface area (Å²) in [4.78, 5) is 11.4. The summed E-state index contributed by atoms with van der Waals surface area (Å²) in [5.74, 6) is -0.244. The van der Waals surface area contributed by atoms with E-state index in [4.69, 9.17) is 0 Å². The SMILES string of the molecule is CCC1N=NC(=O)c2cccc(Br)c21. The van der Waals surface area contributed by atoms with Gasteiger partial charge in [-0.3, -0.25) is 4.79 Å². The lowest BCUT2D eigenvalue weighted by molar-refractivity contribution is 0.0984. The average molecular weight is 253 g/mol. The summed E-state index contributed by atoms with van der Waals surface area (Å²) in [5.41, 5.74) is 1.64. The van der Waals surface area contributed by atoms with E-state index < -0.39 is 0 Å². The molecule has 0 N–H and O–H groups in total. The molecular weight excluding hydrogens is 244 g/mol. The monoisotopic (exact) mass is 252 g/mol. The van der Waals surface area contributed by atoms with Crippen molar-refractivity contribution in [2.24, 2.45) is 10.2 Å². The molecule has 1 aliphatic rings. The zero-order valence-electron chi connectivity index (χ0n) is 7.70. The lowest BCUT2D eigenvalue weighted by Gasteiger charge is -2.17. The molecule has 0 saturated carbocycles. The molecule has 0 radical (unpaired) electrons. The lowest BCUT2D eigenvalue weighted by Crippen LogP contribution is -2.10. The Hall–Kier alpha value is -1.03. The van der Waals surface area contributed by atoms with Crippen LogP contribution in [0.25, 0.3) is 0 Å². The number of halogens is 1. The number of azo groups is 1. The van der Waals surface area contributed by atoms with Crippen LogP contribution < -0.4 is 0 Å². The van der Waals surface area contributed by atoms with Crippen LogP contribution in [0.1, 0.15) is 35.3 Å². The molecule has 0 fully saturated rings. The largest absolute Gasteiger partial charge is 0.295 e. The van der Waals surface area contributed by atoms with Crippen LogP contribution >= 0.6 is 15.9 Å². The van der Waals surface area contributed by atoms with Gasteiger partial charge >= 0.3 is 0 Å². The van der Waals surface area contributed by atoms with E-state index in [1.54, 1.807) is 6.07 Å². The molecule has 1 heterocycles. The molecule has 1 aliphatic heterocycles. The van der Waals surface area contributed by atoms with Gasteiger partial charge in [0.15, 0.2) is 0 Å². The van der Waals surface area contributed by atoms with Crippen LogP contribution in [-0.2, 0) is 0 Å². The van der Waals surface area contributed by atoms with E-state index in [1.165, 1.54) is 0 Å². The maximum atomic E-state index is 11.4. The Labute approximate surface area is 90.4 Å². The molecule has 0 aromatic heterocycles. The molecular formula is C10H9BrN2O. The second-order valence-corrected chi connectivity index (χ2v) is 4.00. The molecule has 0 aliphatic carbocycles. The van der Waals surface area contributed by atoms with E-state index in [0.717, 1.165) is 16.5 Å². The van der Waals surface area contributed by atoms with E-state index in [9.17, 15) is 4.79 Å². The van der Waals surface area contributed by atoms with Crippen molar-refractivity contribution in [1.82, 2.24) is 0 Å². The van der Waals surface area contributed by atoms with Crippen molar-refractivity contribution < 1.29 is 4.79 Å². The molecule has 1 aromatic carbocycles. The number of nitrogens with zero attached hydrogens (tertiary/aromatic N) is 2. The quantitative estimate of drug-likeness (QED) is 0.755. The fourth-order valence-electron chi connectivity index (χ4n) is 1.58. The third-order valence-electron chi connectivity index (χ3n) is 2.29. The van der Waals surface area contributed by atoms with Crippen LogP contribution in [0.5, 0.6) is 0 Å². The molecule has 14 heavy (non-hydrogen) atoms. The highest BCUT2D eigenvalue weighted by Gasteiger charge is 2.24. The molecule has 2 rings (SSSR count). The number of carbonyl (C=O) groups excluding carboxylic acids is 1. The van der Waals surface area contributed by atoms with Crippen LogP contribution in [0.4, 0.5) is 0 Å². The number of hydrogen-bond donors (Lipinski definition) is 0. The van der Waals surface area contributed by atoms with Gasteiger partial charge in [0, 0.05) is 15.6 Å². The summed E-state index contributed by atoms with van der Waals surface area (Å²) in [6.45, 7) is 2.03. The van der Waals surface area contributed by atoms with E-state index in [0.29, 0.717) is 5.56 Å². The summed E-state index contributed by atoms with van der Waals surface area (Å²) in [6.07, 6.45) is 0.854. The maximum absolute atomic E-state index is 11.4. The molecule has 1 atom stereocenters. The summed E-state index contributed by atoms with van der Waals surface area (Å²) in [6, 6.07) is 5.58. The second-order valence-electron chi connectivity index (χ2n) is 3.15. The number of carbonyl (C=O) groups is 1. The second kappa shape index (κ2) is 3.61. The van der Waals surface area contributed by atoms with E-state index in [-0.39, 0.29) is 11.9 Å². The number of fused-ring (bicyclic) bond motifs is 1. The molecule has 3 nitrogen and oxygen atoms in total. The van der Waals surface area contributed by atoms with Gasteiger partial charge in [-0.05, 0) is 18.6 Å². The minimum atomic E-state index is -0.244. The van der Waals surface area contributed by atoms with Crippen LogP contribution in [0, 0.1) is 0 Å². The maximum Gasteiger partial charge on any atom is 0.295 e. The van der Waals surface area contributed by atoms with E-state index in [2.05, 4.69) is 26.2 Å². The van der Waals surface area contributed by atoms with Crippen LogP contribution in [-0.4, -0.2) is 5.91 Å². The molecule has 0 bridgehead atoms. The van der Waals surface area contributed by atoms with Crippen molar-refractivity contribution in [1.29, 1.82) is 0 Å². The van der Waals surface area contributed by atoms with Crippen molar-refractivity contribution >= 4 is 21.8 Å². The van der Waals surface area contributed by atoms with Gasteiger partial charge in [0.1, 0.15) is 0 Å². The number of rotatable bonds is 1. The van der Waals surface area contributed by atoms with Gasteiger partial charge in [0.25, 0.3) is 5.91 Å². The molecule has 0 spiro atoms. The van der Waals surface area contributed by atoms with Crippen LogP contribution in [0.15, 0.2) is 32.9 Å². The third-order valence-corrected chi connectivity index (χ3v) is 2.98. The zero-order chi connectivity index (χ0) is 10.1. The van der Waals surface area contributed by atoms with Gasteiger partial charge in [0.05, 0.1) is 6.04 Å². The van der Waals surface area contributed by atoms with E-state index >= 15 is 0 Å². The number of benzene rings is 1. The van der Waals surface area contributed by atoms with Gasteiger partial charge in [-0.15, -0.1) is 5.11 Å². The van der Waals surface area contributed by atoms with Crippen molar-refractivity contribution in [3.63, 3.8) is 0 Å². The highest BCUT2D eigenvalue weighted by Crippen LogP contribution is 2.34. The molecule has 1 aromatic rings. The summed E-state index contributed by atoms with van der Waals surface area (Å²) in [7, 11) is 0. The normalized spacial score (nSPS) is 19.6. The first-order valence-electron chi connectivity index (χ1n) is 4.47. The highest BCUT2D eigenvalue weighted by atomic mass is 79.9. The Morgan fingerprint density at radius 1 is 1.50 bits per heavy atom. The number of hydrogen-bond acceptors (Lipinski definition) is 2. The topological polar surface area (TPSA) is 41.8 Å². The first kappa shape index (κ1) is 9.52. The molecule has 4 heteroatoms. The standard InChI is InChI=1S/C10H9BrN2O/c1-2-8-9-6(10(14)13-12-8)4-3-5-7(9)11/h3-5,8H,2H2,1H3. The van der Waals surface area contributed by atoms with Gasteiger partial charge in [-0.25, -0.2) is 0 Å². The molecule has 72 valence electrons. The Bertz CT molecular complexity index is 415. The Balaban J connectivity index is 2.62. The van der Waals surface area contributed by atoms with Crippen molar-refractivity contribution in [2.45, 2.75) is 19.4 Å². The Morgan fingerprint density at radius 3 is 3.00 bits per heavy atom. The molecule has 1 unspecified atom stereocenters. The first-order valence-corrected chi connectivity index (χ1v) is 5.27. The molecule has 1 amide bonds. The predicted octanol–water partition coefficient (Wildman–Crippen LogP) is 3.51. The zero-order valence-corrected chi connectivity index (χ0v) is 9.28. The fraction of sp³-hybridized carbons (Fsp3) is 0.300. The smallest absolute Gasteiger partial charge is 0.265 e. The van der Waals surface area contributed by atoms with Crippen molar-refractivity contribution in [2.75, 3.05) is 0 Å². The van der Waals surface area contributed by atoms with Crippen molar-refractivity contribution in [3.05, 3.63) is 33.8 Å². The lowest BCUT2D eigenvalue weighted by atomic mass is 9.98. The Kier molecular flexibility index (Phi) is 2.46. The van der Waals surface area contributed by atoms with E-state index in [1.807, 2.05) is 19.1 Å². The number of amides is 1. The van der Waals surface area contributed by atoms with Gasteiger partial charge < -0.3 is 0 Å². The molecule has 0 saturated heterocycles. The average Bonchev–Trinajstić information content (AvgIpc) is 2.20. The third kappa shape index (κ3) is 1.39. The first-order chi connectivity index (χ1) is 6.74. The van der Waals surface area contributed by atoms with Gasteiger partial charge in [-0.1, -0.05) is 28.9 Å².